The second-order valence-electron chi connectivity index (χ2n) is 5.24. The van der Waals surface area contributed by atoms with Crippen LogP contribution in [0, 0.1) is 10.1 Å². The van der Waals surface area contributed by atoms with Gasteiger partial charge in [-0.1, -0.05) is 36.4 Å². The van der Waals surface area contributed by atoms with Crippen LogP contribution >= 0.6 is 0 Å². The van der Waals surface area contributed by atoms with Gasteiger partial charge in [0.1, 0.15) is 0 Å². The average Bonchev–Trinajstić information content (AvgIpc) is 2.58. The quantitative estimate of drug-likeness (QED) is 0.621. The molecule has 0 aliphatic heterocycles. The van der Waals surface area contributed by atoms with E-state index in [0.717, 1.165) is 5.56 Å². The third kappa shape index (κ3) is 4.64. The Hall–Kier alpha value is -3.22. The van der Waals surface area contributed by atoms with Crippen molar-refractivity contribution < 1.29 is 14.5 Å². The molecule has 0 aliphatic carbocycles. The number of nitro benzene ring substituents is 1. The molecule has 0 saturated heterocycles. The number of nitrogens with two attached hydrogens (primary N) is 1. The minimum absolute atomic E-state index is 0.0213. The fourth-order valence-electron chi connectivity index (χ4n) is 2.24. The highest BCUT2D eigenvalue weighted by atomic mass is 16.6. The van der Waals surface area contributed by atoms with Crippen LogP contribution in [0.2, 0.25) is 0 Å². The number of hydrogen-bond acceptors (Lipinski definition) is 4. The number of nitro groups is 1. The zero-order chi connectivity index (χ0) is 17.5. The van der Waals surface area contributed by atoms with E-state index in [1.165, 1.54) is 29.2 Å². The van der Waals surface area contributed by atoms with E-state index in [4.69, 9.17) is 5.73 Å². The Balaban J connectivity index is 2.24. The summed E-state index contributed by atoms with van der Waals surface area (Å²) < 4.78 is 0. The Morgan fingerprint density at radius 3 is 2.42 bits per heavy atom. The van der Waals surface area contributed by atoms with E-state index in [1.807, 2.05) is 30.3 Å². The molecule has 124 valence electrons. The van der Waals surface area contributed by atoms with Crippen LogP contribution in [-0.2, 0) is 11.3 Å². The second-order valence-corrected chi connectivity index (χ2v) is 5.24. The number of primary amides is 1. The maximum absolute atomic E-state index is 12.7. The van der Waals surface area contributed by atoms with E-state index in [9.17, 15) is 19.7 Å². The van der Waals surface area contributed by atoms with Crippen molar-refractivity contribution in [1.82, 2.24) is 4.90 Å². The van der Waals surface area contributed by atoms with Gasteiger partial charge in [-0.2, -0.15) is 0 Å². The Morgan fingerprint density at radius 2 is 1.79 bits per heavy atom. The maximum atomic E-state index is 12.7. The molecule has 2 rings (SSSR count). The van der Waals surface area contributed by atoms with Crippen LogP contribution < -0.4 is 5.73 Å². The molecule has 24 heavy (non-hydrogen) atoms. The zero-order valence-corrected chi connectivity index (χ0v) is 12.9. The van der Waals surface area contributed by atoms with Gasteiger partial charge in [0.15, 0.2) is 0 Å². The van der Waals surface area contributed by atoms with E-state index >= 15 is 0 Å². The predicted molar refractivity (Wildman–Crippen MR) is 88.1 cm³/mol. The third-order valence-electron chi connectivity index (χ3n) is 3.44. The highest BCUT2D eigenvalue weighted by Gasteiger charge is 2.19. The lowest BCUT2D eigenvalue weighted by Crippen LogP contribution is -2.33. The molecule has 0 spiro atoms. The number of hydrogen-bond donors (Lipinski definition) is 1. The Kier molecular flexibility index (Phi) is 5.62. The van der Waals surface area contributed by atoms with Gasteiger partial charge in [-0.3, -0.25) is 19.7 Å². The van der Waals surface area contributed by atoms with Crippen molar-refractivity contribution in [2.75, 3.05) is 6.54 Å². The van der Waals surface area contributed by atoms with Gasteiger partial charge >= 0.3 is 0 Å². The fourth-order valence-corrected chi connectivity index (χ4v) is 2.24. The molecule has 0 aliphatic rings. The summed E-state index contributed by atoms with van der Waals surface area (Å²) in [5.74, 6) is -0.899. The lowest BCUT2D eigenvalue weighted by molar-refractivity contribution is -0.384. The van der Waals surface area contributed by atoms with Gasteiger partial charge < -0.3 is 10.6 Å². The first-order valence-corrected chi connectivity index (χ1v) is 7.33. The molecular formula is C17H17N3O4. The van der Waals surface area contributed by atoms with Crippen molar-refractivity contribution in [3.63, 3.8) is 0 Å². The molecule has 0 atom stereocenters. The molecule has 2 N–H and O–H groups in total. The highest BCUT2D eigenvalue weighted by Crippen LogP contribution is 2.16. The summed E-state index contributed by atoms with van der Waals surface area (Å²) in [5, 5.41) is 10.9. The van der Waals surface area contributed by atoms with E-state index in [1.54, 1.807) is 0 Å². The molecule has 0 unspecified atom stereocenters. The number of carbonyl (C=O) groups excluding carboxylic acids is 2. The Labute approximate surface area is 138 Å². The SMILES string of the molecule is NC(=O)CCN(Cc1ccccc1)C(=O)c1cccc([N+](=O)[O-])c1. The van der Waals surface area contributed by atoms with Crippen LogP contribution in [0.25, 0.3) is 0 Å². The molecule has 7 nitrogen and oxygen atoms in total. The van der Waals surface area contributed by atoms with Gasteiger partial charge in [-0.25, -0.2) is 0 Å². The summed E-state index contributed by atoms with van der Waals surface area (Å²) in [7, 11) is 0. The van der Waals surface area contributed by atoms with E-state index in [2.05, 4.69) is 0 Å². The third-order valence-corrected chi connectivity index (χ3v) is 3.44. The molecular weight excluding hydrogens is 310 g/mol. The zero-order valence-electron chi connectivity index (χ0n) is 12.9. The van der Waals surface area contributed by atoms with Gasteiger partial charge in [-0.05, 0) is 11.6 Å². The molecule has 0 heterocycles. The number of amides is 2. The van der Waals surface area contributed by atoms with Crippen molar-refractivity contribution in [1.29, 1.82) is 0 Å². The van der Waals surface area contributed by atoms with Crippen LogP contribution in [-0.4, -0.2) is 28.2 Å². The number of non-ortho nitro benzene ring substituents is 1. The first kappa shape index (κ1) is 17.1. The molecule has 2 aromatic carbocycles. The van der Waals surface area contributed by atoms with Crippen LogP contribution in [0.4, 0.5) is 5.69 Å². The normalized spacial score (nSPS) is 10.2. The lowest BCUT2D eigenvalue weighted by Gasteiger charge is -2.22. The molecule has 2 amide bonds. The van der Waals surface area contributed by atoms with Gasteiger partial charge in [0.2, 0.25) is 5.91 Å². The first-order valence-electron chi connectivity index (χ1n) is 7.33. The maximum Gasteiger partial charge on any atom is 0.270 e. The largest absolute Gasteiger partial charge is 0.370 e. The van der Waals surface area contributed by atoms with Gasteiger partial charge in [0, 0.05) is 37.2 Å². The number of rotatable bonds is 7. The summed E-state index contributed by atoms with van der Waals surface area (Å²) in [6, 6.07) is 14.8. The van der Waals surface area contributed by atoms with Crippen molar-refractivity contribution in [2.24, 2.45) is 5.73 Å². The van der Waals surface area contributed by atoms with Crippen LogP contribution in [0.3, 0.4) is 0 Å². The molecule has 0 fully saturated rings. The number of nitrogens with zero attached hydrogens (tertiary/aromatic N) is 2. The monoisotopic (exact) mass is 327 g/mol. The molecule has 0 radical (unpaired) electrons. The summed E-state index contributed by atoms with van der Waals surface area (Å²) >= 11 is 0. The van der Waals surface area contributed by atoms with Crippen molar-refractivity contribution in [3.8, 4) is 0 Å². The van der Waals surface area contributed by atoms with E-state index in [-0.39, 0.29) is 36.7 Å². The van der Waals surface area contributed by atoms with Crippen molar-refractivity contribution >= 4 is 17.5 Å². The summed E-state index contributed by atoms with van der Waals surface area (Å²) in [4.78, 5) is 35.5. The summed E-state index contributed by atoms with van der Waals surface area (Å²) in [6.45, 7) is 0.432. The Bertz CT molecular complexity index is 747. The molecule has 0 bridgehead atoms. The van der Waals surface area contributed by atoms with Crippen LogP contribution in [0.15, 0.2) is 54.6 Å². The minimum atomic E-state index is -0.554. The predicted octanol–water partition coefficient (Wildman–Crippen LogP) is 2.11. The summed E-state index contributed by atoms with van der Waals surface area (Å²) in [6.07, 6.45) is 0.0213. The molecule has 2 aromatic rings. The molecule has 0 saturated carbocycles. The summed E-state index contributed by atoms with van der Waals surface area (Å²) in [5.41, 5.74) is 6.10. The highest BCUT2D eigenvalue weighted by molar-refractivity contribution is 5.95. The van der Waals surface area contributed by atoms with E-state index in [0.29, 0.717) is 0 Å². The standard InChI is InChI=1S/C17H17N3O4/c18-16(21)9-10-19(12-13-5-2-1-3-6-13)17(22)14-7-4-8-15(11-14)20(23)24/h1-8,11H,9-10,12H2,(H2,18,21). The topological polar surface area (TPSA) is 107 Å². The van der Waals surface area contributed by atoms with Gasteiger partial charge in [0.05, 0.1) is 4.92 Å². The number of benzene rings is 2. The Morgan fingerprint density at radius 1 is 1.08 bits per heavy atom. The van der Waals surface area contributed by atoms with Crippen LogP contribution in [0.5, 0.6) is 0 Å². The van der Waals surface area contributed by atoms with Crippen LogP contribution in [0.1, 0.15) is 22.3 Å². The molecule has 7 heteroatoms. The molecule has 0 aromatic heterocycles. The lowest BCUT2D eigenvalue weighted by atomic mass is 10.1. The van der Waals surface area contributed by atoms with Crippen molar-refractivity contribution in [2.45, 2.75) is 13.0 Å². The average molecular weight is 327 g/mol. The smallest absolute Gasteiger partial charge is 0.270 e. The number of carbonyl (C=O) groups is 2. The van der Waals surface area contributed by atoms with E-state index < -0.39 is 10.8 Å². The second kappa shape index (κ2) is 7.87. The van der Waals surface area contributed by atoms with Gasteiger partial charge in [-0.15, -0.1) is 0 Å². The first-order chi connectivity index (χ1) is 11.5. The fraction of sp³-hybridized carbons (Fsp3) is 0.176. The van der Waals surface area contributed by atoms with Crippen molar-refractivity contribution in [3.05, 3.63) is 75.8 Å². The van der Waals surface area contributed by atoms with Gasteiger partial charge in [0.25, 0.3) is 11.6 Å². The minimum Gasteiger partial charge on any atom is -0.370 e.